The molecule has 0 unspecified atom stereocenters. The average Bonchev–Trinajstić information content (AvgIpc) is 2.78. The Kier molecular flexibility index (Phi) is 3.51. The molecule has 6 nitrogen and oxygen atoms in total. The quantitative estimate of drug-likeness (QED) is 0.856. The molecule has 0 amide bonds. The minimum absolute atomic E-state index is 0.00404. The van der Waals surface area contributed by atoms with Crippen molar-refractivity contribution in [2.75, 3.05) is 11.4 Å². The monoisotopic (exact) mass is 290 g/mol. The number of hydrogen-bond acceptors (Lipinski definition) is 4. The largest absolute Gasteiger partial charge is 0.337 e. The van der Waals surface area contributed by atoms with Crippen molar-refractivity contribution in [1.29, 1.82) is 5.26 Å². The maximum absolute atomic E-state index is 12.4. The van der Waals surface area contributed by atoms with Crippen LogP contribution in [0.1, 0.15) is 11.4 Å². The molecule has 0 aliphatic rings. The minimum atomic E-state index is -3.69. The van der Waals surface area contributed by atoms with Gasteiger partial charge in [-0.05, 0) is 31.2 Å². The van der Waals surface area contributed by atoms with Crippen LogP contribution in [0, 0.1) is 18.3 Å². The van der Waals surface area contributed by atoms with Crippen molar-refractivity contribution in [3.05, 3.63) is 41.9 Å². The maximum atomic E-state index is 12.4. The maximum Gasteiger partial charge on any atom is 0.283 e. The summed E-state index contributed by atoms with van der Waals surface area (Å²) in [6.07, 6.45) is 1.48. The second-order valence-electron chi connectivity index (χ2n) is 4.37. The Bertz CT molecular complexity index is 750. The smallest absolute Gasteiger partial charge is 0.283 e. The van der Waals surface area contributed by atoms with Gasteiger partial charge in [-0.2, -0.15) is 13.7 Å². The van der Waals surface area contributed by atoms with E-state index in [1.54, 1.807) is 42.8 Å². The third kappa shape index (κ3) is 2.38. The van der Waals surface area contributed by atoms with Gasteiger partial charge in [0.25, 0.3) is 10.0 Å². The highest BCUT2D eigenvalue weighted by molar-refractivity contribution is 7.92. The number of rotatable bonds is 3. The van der Waals surface area contributed by atoms with E-state index in [9.17, 15) is 8.42 Å². The van der Waals surface area contributed by atoms with Gasteiger partial charge in [0, 0.05) is 20.3 Å². The molecule has 104 valence electrons. The molecule has 0 bridgehead atoms. The second-order valence-corrected chi connectivity index (χ2v) is 6.28. The number of nitriles is 1. The van der Waals surface area contributed by atoms with Crippen LogP contribution < -0.4 is 4.31 Å². The van der Waals surface area contributed by atoms with Crippen LogP contribution in [0.5, 0.6) is 0 Å². The first-order valence-corrected chi connectivity index (χ1v) is 7.29. The van der Waals surface area contributed by atoms with Crippen molar-refractivity contribution >= 4 is 15.7 Å². The molecule has 0 N–H and O–H groups in total. The van der Waals surface area contributed by atoms with Gasteiger partial charge in [0.15, 0.2) is 5.03 Å². The molecule has 2 rings (SSSR count). The standard InChI is InChI=1S/C13H14N4O2S/c1-10-15-13(9-16(10)2)20(18,19)17(3)12-6-4-11(8-14)5-7-12/h4-7,9H,1-3H3. The number of benzene rings is 1. The Balaban J connectivity index is 2.40. The summed E-state index contributed by atoms with van der Waals surface area (Å²) in [5, 5.41) is 8.75. The van der Waals surface area contributed by atoms with Gasteiger partial charge in [0.1, 0.15) is 5.82 Å². The van der Waals surface area contributed by atoms with Crippen LogP contribution in [-0.2, 0) is 17.1 Å². The normalized spacial score (nSPS) is 11.1. The van der Waals surface area contributed by atoms with E-state index in [1.165, 1.54) is 13.2 Å². The van der Waals surface area contributed by atoms with Crippen LogP contribution >= 0.6 is 0 Å². The Hall–Kier alpha value is -2.33. The summed E-state index contributed by atoms with van der Waals surface area (Å²) < 4.78 is 27.7. The van der Waals surface area contributed by atoms with Crippen LogP contribution in [-0.4, -0.2) is 25.0 Å². The average molecular weight is 290 g/mol. The van der Waals surface area contributed by atoms with Gasteiger partial charge in [0.05, 0.1) is 17.3 Å². The Labute approximate surface area is 118 Å². The number of sulfonamides is 1. The molecule has 0 saturated carbocycles. The summed E-state index contributed by atoms with van der Waals surface area (Å²) >= 11 is 0. The third-order valence-electron chi connectivity index (χ3n) is 3.07. The van der Waals surface area contributed by atoms with Gasteiger partial charge in [-0.15, -0.1) is 0 Å². The SMILES string of the molecule is Cc1nc(S(=O)(=O)N(C)c2ccc(C#N)cc2)cn1C. The van der Waals surface area contributed by atoms with Gasteiger partial charge < -0.3 is 4.57 Å². The number of anilines is 1. The number of aromatic nitrogens is 2. The number of aryl methyl sites for hydroxylation is 2. The molecule has 1 aromatic carbocycles. The minimum Gasteiger partial charge on any atom is -0.337 e. The van der Waals surface area contributed by atoms with E-state index in [-0.39, 0.29) is 5.03 Å². The Morgan fingerprint density at radius 1 is 1.30 bits per heavy atom. The molecule has 0 saturated heterocycles. The molecule has 0 spiro atoms. The Morgan fingerprint density at radius 2 is 1.90 bits per heavy atom. The summed E-state index contributed by atoms with van der Waals surface area (Å²) in [5.74, 6) is 0.622. The van der Waals surface area contributed by atoms with Crippen molar-refractivity contribution in [2.45, 2.75) is 11.9 Å². The van der Waals surface area contributed by atoms with E-state index in [0.29, 0.717) is 17.1 Å². The number of hydrogen-bond donors (Lipinski definition) is 0. The molecule has 7 heteroatoms. The van der Waals surface area contributed by atoms with Gasteiger partial charge >= 0.3 is 0 Å². The van der Waals surface area contributed by atoms with E-state index in [1.807, 2.05) is 6.07 Å². The summed E-state index contributed by atoms with van der Waals surface area (Å²) in [6, 6.07) is 8.32. The highest BCUT2D eigenvalue weighted by Crippen LogP contribution is 2.21. The van der Waals surface area contributed by atoms with Gasteiger partial charge in [0.2, 0.25) is 0 Å². The van der Waals surface area contributed by atoms with Gasteiger partial charge in [-0.3, -0.25) is 4.31 Å². The van der Waals surface area contributed by atoms with Crippen LogP contribution in [0.25, 0.3) is 0 Å². The van der Waals surface area contributed by atoms with Gasteiger partial charge in [-0.25, -0.2) is 4.98 Å². The van der Waals surface area contributed by atoms with Crippen LogP contribution in [0.4, 0.5) is 5.69 Å². The van der Waals surface area contributed by atoms with E-state index in [0.717, 1.165) is 4.31 Å². The molecule has 0 aliphatic heterocycles. The van der Waals surface area contributed by atoms with E-state index in [4.69, 9.17) is 5.26 Å². The van der Waals surface area contributed by atoms with E-state index >= 15 is 0 Å². The van der Waals surface area contributed by atoms with E-state index in [2.05, 4.69) is 4.98 Å². The van der Waals surface area contributed by atoms with E-state index < -0.39 is 10.0 Å². The lowest BCUT2D eigenvalue weighted by Crippen LogP contribution is -2.26. The van der Waals surface area contributed by atoms with Crippen molar-refractivity contribution < 1.29 is 8.42 Å². The lowest BCUT2D eigenvalue weighted by Gasteiger charge is -2.17. The van der Waals surface area contributed by atoms with Crippen LogP contribution in [0.2, 0.25) is 0 Å². The fourth-order valence-corrected chi connectivity index (χ4v) is 2.89. The third-order valence-corrected chi connectivity index (χ3v) is 4.73. The summed E-state index contributed by atoms with van der Waals surface area (Å²) in [7, 11) is -0.497. The molecule has 20 heavy (non-hydrogen) atoms. The number of nitrogens with zero attached hydrogens (tertiary/aromatic N) is 4. The summed E-state index contributed by atoms with van der Waals surface area (Å²) in [5.41, 5.74) is 0.959. The zero-order valence-corrected chi connectivity index (χ0v) is 12.2. The highest BCUT2D eigenvalue weighted by Gasteiger charge is 2.24. The highest BCUT2D eigenvalue weighted by atomic mass is 32.2. The molecule has 1 aromatic heterocycles. The Morgan fingerprint density at radius 3 is 2.35 bits per heavy atom. The number of imidazole rings is 1. The molecule has 0 aliphatic carbocycles. The first-order valence-electron chi connectivity index (χ1n) is 5.85. The second kappa shape index (κ2) is 4.98. The molecule has 2 aromatic rings. The lowest BCUT2D eigenvalue weighted by molar-refractivity contribution is 0.591. The van der Waals surface area contributed by atoms with Crippen molar-refractivity contribution in [3.63, 3.8) is 0 Å². The fourth-order valence-electron chi connectivity index (χ4n) is 1.68. The van der Waals surface area contributed by atoms with Crippen molar-refractivity contribution in [1.82, 2.24) is 9.55 Å². The first kappa shape index (κ1) is 14.1. The topological polar surface area (TPSA) is 79.0 Å². The molecular weight excluding hydrogens is 276 g/mol. The van der Waals surface area contributed by atoms with Crippen molar-refractivity contribution in [2.24, 2.45) is 7.05 Å². The molecule has 1 heterocycles. The predicted octanol–water partition coefficient (Wildman–Crippen LogP) is 1.43. The molecule has 0 fully saturated rings. The zero-order chi connectivity index (χ0) is 14.9. The summed E-state index contributed by atoms with van der Waals surface area (Å²) in [4.78, 5) is 4.04. The first-order chi connectivity index (χ1) is 9.36. The van der Waals surface area contributed by atoms with Crippen molar-refractivity contribution in [3.8, 4) is 6.07 Å². The lowest BCUT2D eigenvalue weighted by atomic mass is 10.2. The van der Waals surface area contributed by atoms with Crippen LogP contribution in [0.3, 0.4) is 0 Å². The predicted molar refractivity (Wildman–Crippen MR) is 74.7 cm³/mol. The molecular formula is C13H14N4O2S. The molecule has 0 radical (unpaired) electrons. The molecule has 0 atom stereocenters. The zero-order valence-electron chi connectivity index (χ0n) is 11.4. The van der Waals surface area contributed by atoms with Crippen LogP contribution in [0.15, 0.2) is 35.5 Å². The fraction of sp³-hybridized carbons (Fsp3) is 0.231. The van der Waals surface area contributed by atoms with Gasteiger partial charge in [-0.1, -0.05) is 0 Å². The summed E-state index contributed by atoms with van der Waals surface area (Å²) in [6.45, 7) is 1.74.